The molecule has 1 aromatic heterocycles. The van der Waals surface area contributed by atoms with E-state index in [0.29, 0.717) is 6.54 Å². The Balaban J connectivity index is 1.75. The van der Waals surface area contributed by atoms with Gasteiger partial charge in [-0.05, 0) is 43.7 Å². The lowest BCUT2D eigenvalue weighted by atomic mass is 10.1. The number of rotatable bonds is 3. The molecule has 3 rings (SSSR count). The Morgan fingerprint density at radius 2 is 2.25 bits per heavy atom. The van der Waals surface area contributed by atoms with Gasteiger partial charge in [-0.1, -0.05) is 12.1 Å². The molecule has 20 heavy (non-hydrogen) atoms. The minimum atomic E-state index is -0.675. The first-order valence-corrected chi connectivity index (χ1v) is 6.93. The third kappa shape index (κ3) is 2.65. The van der Waals surface area contributed by atoms with Gasteiger partial charge < -0.3 is 5.11 Å². The van der Waals surface area contributed by atoms with Crippen molar-refractivity contribution in [2.45, 2.75) is 19.9 Å². The van der Waals surface area contributed by atoms with Gasteiger partial charge in [0.2, 0.25) is 0 Å². The zero-order valence-corrected chi connectivity index (χ0v) is 11.5. The first kappa shape index (κ1) is 13.1. The topological polar surface area (TPSA) is 53.4 Å². The van der Waals surface area contributed by atoms with Crippen molar-refractivity contribution >= 4 is 16.9 Å². The van der Waals surface area contributed by atoms with Gasteiger partial charge in [-0.15, -0.1) is 0 Å². The van der Waals surface area contributed by atoms with Crippen LogP contribution in [0.2, 0.25) is 0 Å². The van der Waals surface area contributed by atoms with Gasteiger partial charge in [-0.25, -0.2) is 0 Å². The van der Waals surface area contributed by atoms with E-state index in [9.17, 15) is 4.79 Å². The van der Waals surface area contributed by atoms with E-state index in [1.807, 2.05) is 19.1 Å². The summed E-state index contributed by atoms with van der Waals surface area (Å²) in [6.07, 6.45) is 0.754. The van der Waals surface area contributed by atoms with E-state index in [1.54, 1.807) is 0 Å². The van der Waals surface area contributed by atoms with Gasteiger partial charge in [0, 0.05) is 24.2 Å². The number of aliphatic carboxylic acids is 1. The second kappa shape index (κ2) is 5.21. The fourth-order valence-electron chi connectivity index (χ4n) is 2.81. The molecule has 2 heterocycles. The van der Waals surface area contributed by atoms with Crippen LogP contribution in [-0.4, -0.2) is 34.0 Å². The first-order chi connectivity index (χ1) is 9.61. The van der Waals surface area contributed by atoms with Gasteiger partial charge in [0.05, 0.1) is 11.4 Å². The molecule has 0 amide bonds. The number of carboxylic acids is 1. The molecule has 1 unspecified atom stereocenters. The zero-order chi connectivity index (χ0) is 14.1. The number of carboxylic acid groups (broad SMARTS) is 1. The molecule has 0 aliphatic carbocycles. The second-order valence-corrected chi connectivity index (χ2v) is 5.54. The van der Waals surface area contributed by atoms with Crippen molar-refractivity contribution < 1.29 is 9.90 Å². The summed E-state index contributed by atoms with van der Waals surface area (Å²) in [6.45, 7) is 4.32. The quantitative estimate of drug-likeness (QED) is 0.930. The fraction of sp³-hybridized carbons (Fsp3) is 0.375. The van der Waals surface area contributed by atoms with Crippen LogP contribution >= 0.6 is 0 Å². The Morgan fingerprint density at radius 3 is 3.00 bits per heavy atom. The van der Waals surface area contributed by atoms with E-state index >= 15 is 0 Å². The first-order valence-electron chi connectivity index (χ1n) is 6.93. The monoisotopic (exact) mass is 270 g/mol. The lowest BCUT2D eigenvalue weighted by Gasteiger charge is -2.15. The number of aromatic nitrogens is 1. The van der Waals surface area contributed by atoms with Crippen molar-refractivity contribution in [1.82, 2.24) is 9.88 Å². The number of benzene rings is 1. The predicted molar refractivity (Wildman–Crippen MR) is 77.5 cm³/mol. The Bertz CT molecular complexity index is 654. The number of carbonyl (C=O) groups is 1. The maximum atomic E-state index is 11.0. The second-order valence-electron chi connectivity index (χ2n) is 5.54. The third-order valence-corrected chi connectivity index (χ3v) is 3.92. The molecule has 1 N–H and O–H groups in total. The lowest BCUT2D eigenvalue weighted by Crippen LogP contribution is -2.22. The highest BCUT2D eigenvalue weighted by Crippen LogP contribution is 2.21. The minimum absolute atomic E-state index is 0.209. The lowest BCUT2D eigenvalue weighted by molar-refractivity contribution is -0.141. The van der Waals surface area contributed by atoms with Crippen LogP contribution in [0.4, 0.5) is 0 Å². The van der Waals surface area contributed by atoms with E-state index < -0.39 is 5.97 Å². The number of nitrogens with zero attached hydrogens (tertiary/aromatic N) is 2. The number of fused-ring (bicyclic) bond motifs is 1. The molecule has 0 saturated carbocycles. The van der Waals surface area contributed by atoms with Gasteiger partial charge in [-0.2, -0.15) is 0 Å². The van der Waals surface area contributed by atoms with E-state index in [1.165, 1.54) is 5.56 Å². The molecule has 104 valence electrons. The highest BCUT2D eigenvalue weighted by atomic mass is 16.4. The molecule has 4 heteroatoms. The number of hydrogen-bond acceptors (Lipinski definition) is 3. The molecule has 1 aliphatic rings. The molecule has 1 aliphatic heterocycles. The van der Waals surface area contributed by atoms with Crippen LogP contribution in [0.15, 0.2) is 30.3 Å². The van der Waals surface area contributed by atoms with Crippen LogP contribution in [0.25, 0.3) is 10.9 Å². The van der Waals surface area contributed by atoms with Crippen molar-refractivity contribution in [1.29, 1.82) is 0 Å². The van der Waals surface area contributed by atoms with Crippen molar-refractivity contribution in [2.75, 3.05) is 13.1 Å². The zero-order valence-electron chi connectivity index (χ0n) is 11.5. The van der Waals surface area contributed by atoms with E-state index in [2.05, 4.69) is 28.1 Å². The molecule has 0 spiro atoms. The Labute approximate surface area is 118 Å². The normalized spacial score (nSPS) is 19.6. The third-order valence-electron chi connectivity index (χ3n) is 3.92. The maximum Gasteiger partial charge on any atom is 0.307 e. The molecular weight excluding hydrogens is 252 g/mol. The molecule has 0 radical (unpaired) electrons. The van der Waals surface area contributed by atoms with Crippen molar-refractivity contribution in [3.05, 3.63) is 41.6 Å². The molecule has 2 aromatic rings. The van der Waals surface area contributed by atoms with Crippen LogP contribution in [0.1, 0.15) is 17.7 Å². The highest BCUT2D eigenvalue weighted by molar-refractivity contribution is 5.79. The maximum absolute atomic E-state index is 11.0. The number of likely N-dealkylation sites (tertiary alicyclic amines) is 1. The molecule has 1 aromatic carbocycles. The highest BCUT2D eigenvalue weighted by Gasteiger charge is 2.27. The average molecular weight is 270 g/mol. The summed E-state index contributed by atoms with van der Waals surface area (Å²) in [5.41, 5.74) is 3.25. The standard InChI is InChI=1S/C16H18N2O2/c1-11-2-4-13-8-12(3-5-15(13)17-11)9-18-7-6-14(10-18)16(19)20/h2-5,8,14H,6-7,9-10H2,1H3,(H,19,20). The van der Waals surface area contributed by atoms with Gasteiger partial charge in [0.15, 0.2) is 0 Å². The SMILES string of the molecule is Cc1ccc2cc(CN3CCC(C(=O)O)C3)ccc2n1. The Hall–Kier alpha value is -1.94. The summed E-state index contributed by atoms with van der Waals surface area (Å²) >= 11 is 0. The van der Waals surface area contributed by atoms with Gasteiger partial charge in [0.25, 0.3) is 0 Å². The van der Waals surface area contributed by atoms with E-state index in [4.69, 9.17) is 5.11 Å². The molecular formula is C16H18N2O2. The van der Waals surface area contributed by atoms with Gasteiger partial charge >= 0.3 is 5.97 Å². The van der Waals surface area contributed by atoms with Crippen LogP contribution in [0.5, 0.6) is 0 Å². The van der Waals surface area contributed by atoms with Crippen LogP contribution in [0.3, 0.4) is 0 Å². The fourth-order valence-corrected chi connectivity index (χ4v) is 2.81. The van der Waals surface area contributed by atoms with E-state index in [-0.39, 0.29) is 5.92 Å². The van der Waals surface area contributed by atoms with Crippen LogP contribution in [-0.2, 0) is 11.3 Å². The number of aryl methyl sites for hydroxylation is 1. The summed E-state index contributed by atoms with van der Waals surface area (Å²) in [5, 5.41) is 10.2. The number of pyridine rings is 1. The Kier molecular flexibility index (Phi) is 3.40. The van der Waals surface area contributed by atoms with Crippen molar-refractivity contribution in [3.63, 3.8) is 0 Å². The van der Waals surface area contributed by atoms with Gasteiger partial charge in [0.1, 0.15) is 0 Å². The van der Waals surface area contributed by atoms with Crippen molar-refractivity contribution in [3.8, 4) is 0 Å². The largest absolute Gasteiger partial charge is 0.481 e. The van der Waals surface area contributed by atoms with Crippen LogP contribution < -0.4 is 0 Å². The molecule has 4 nitrogen and oxygen atoms in total. The number of hydrogen-bond donors (Lipinski definition) is 1. The molecule has 1 fully saturated rings. The molecule has 1 atom stereocenters. The average Bonchev–Trinajstić information content (AvgIpc) is 2.88. The summed E-state index contributed by atoms with van der Waals surface area (Å²) in [6, 6.07) is 10.4. The predicted octanol–water partition coefficient (Wildman–Crippen LogP) is 2.45. The van der Waals surface area contributed by atoms with E-state index in [0.717, 1.165) is 36.1 Å². The van der Waals surface area contributed by atoms with Crippen molar-refractivity contribution in [2.24, 2.45) is 5.92 Å². The molecule has 0 bridgehead atoms. The summed E-state index contributed by atoms with van der Waals surface area (Å²) in [7, 11) is 0. The minimum Gasteiger partial charge on any atom is -0.481 e. The Morgan fingerprint density at radius 1 is 1.40 bits per heavy atom. The smallest absolute Gasteiger partial charge is 0.307 e. The van der Waals surface area contributed by atoms with Crippen LogP contribution in [0, 0.1) is 12.8 Å². The van der Waals surface area contributed by atoms with Gasteiger partial charge in [-0.3, -0.25) is 14.7 Å². The summed E-state index contributed by atoms with van der Waals surface area (Å²) in [4.78, 5) is 17.7. The summed E-state index contributed by atoms with van der Waals surface area (Å²) < 4.78 is 0. The molecule has 1 saturated heterocycles. The summed E-state index contributed by atoms with van der Waals surface area (Å²) in [5.74, 6) is -0.884.